The number of aromatic carboxylic acids is 1. The molecule has 0 fully saturated rings. The van der Waals surface area contributed by atoms with E-state index in [1.165, 1.54) is 17.3 Å². The lowest BCUT2D eigenvalue weighted by Crippen LogP contribution is -2.01. The summed E-state index contributed by atoms with van der Waals surface area (Å²) < 4.78 is 0.662. The first-order chi connectivity index (χ1) is 8.97. The van der Waals surface area contributed by atoms with Gasteiger partial charge >= 0.3 is 5.97 Å². The molecule has 0 saturated heterocycles. The summed E-state index contributed by atoms with van der Waals surface area (Å²) in [5.41, 5.74) is 2.51. The van der Waals surface area contributed by atoms with Crippen molar-refractivity contribution in [3.63, 3.8) is 0 Å². The third-order valence-corrected chi connectivity index (χ3v) is 4.22. The van der Waals surface area contributed by atoms with Gasteiger partial charge in [0.25, 0.3) is 0 Å². The molecule has 2 rings (SSSR count). The van der Waals surface area contributed by atoms with Crippen molar-refractivity contribution in [1.82, 2.24) is 4.98 Å². The van der Waals surface area contributed by atoms with Crippen LogP contribution < -0.4 is 0 Å². The number of hydrogen-bond acceptors (Lipinski definition) is 3. The van der Waals surface area contributed by atoms with Crippen molar-refractivity contribution in [2.24, 2.45) is 0 Å². The van der Waals surface area contributed by atoms with E-state index in [2.05, 4.69) is 27.0 Å². The first-order valence-electron chi connectivity index (χ1n) is 5.61. The second-order valence-corrected chi connectivity index (χ2v) is 6.13. The molecular formula is C14H12BrNO2S. The predicted molar refractivity (Wildman–Crippen MR) is 78.9 cm³/mol. The highest BCUT2D eigenvalue weighted by atomic mass is 79.9. The third-order valence-electron chi connectivity index (χ3n) is 2.59. The van der Waals surface area contributed by atoms with Gasteiger partial charge in [0.2, 0.25) is 0 Å². The summed E-state index contributed by atoms with van der Waals surface area (Å²) in [6.45, 7) is 4.04. The van der Waals surface area contributed by atoms with Gasteiger partial charge in [0.15, 0.2) is 0 Å². The topological polar surface area (TPSA) is 50.2 Å². The summed E-state index contributed by atoms with van der Waals surface area (Å²) in [6.07, 6.45) is 1.61. The molecule has 0 spiro atoms. The van der Waals surface area contributed by atoms with E-state index in [0.29, 0.717) is 9.50 Å². The third kappa shape index (κ3) is 3.36. The maximum atomic E-state index is 11.2. The molecule has 98 valence electrons. The molecule has 0 aliphatic heterocycles. The molecule has 19 heavy (non-hydrogen) atoms. The molecule has 2 aromatic rings. The van der Waals surface area contributed by atoms with Crippen molar-refractivity contribution < 1.29 is 9.90 Å². The molecule has 0 unspecified atom stereocenters. The Hall–Kier alpha value is -1.33. The standard InChI is InChI=1S/C14H12BrNO2S/c1-8-3-4-12(9(2)5-8)19-13-11(14(17)18)6-10(15)7-16-13/h3-7H,1-2H3,(H,17,18). The Bertz CT molecular complexity index is 643. The number of aromatic nitrogens is 1. The van der Waals surface area contributed by atoms with Gasteiger partial charge in [-0.05, 0) is 47.5 Å². The van der Waals surface area contributed by atoms with Crippen molar-refractivity contribution >= 4 is 33.7 Å². The highest BCUT2D eigenvalue weighted by molar-refractivity contribution is 9.10. The van der Waals surface area contributed by atoms with Gasteiger partial charge < -0.3 is 5.11 Å². The number of rotatable bonds is 3. The number of aryl methyl sites for hydroxylation is 2. The van der Waals surface area contributed by atoms with Crippen LogP contribution in [0.3, 0.4) is 0 Å². The lowest BCUT2D eigenvalue weighted by atomic mass is 10.2. The first-order valence-corrected chi connectivity index (χ1v) is 7.22. The number of benzene rings is 1. The molecule has 1 aromatic heterocycles. The second kappa shape index (κ2) is 5.75. The lowest BCUT2D eigenvalue weighted by Gasteiger charge is -2.08. The van der Waals surface area contributed by atoms with Crippen LogP contribution in [-0.2, 0) is 0 Å². The Balaban J connectivity index is 2.40. The summed E-state index contributed by atoms with van der Waals surface area (Å²) in [7, 11) is 0. The predicted octanol–water partition coefficient (Wildman–Crippen LogP) is 4.31. The maximum absolute atomic E-state index is 11.2. The fourth-order valence-corrected chi connectivity index (χ4v) is 2.94. The van der Waals surface area contributed by atoms with Gasteiger partial charge in [0.05, 0.1) is 5.56 Å². The van der Waals surface area contributed by atoms with Crippen molar-refractivity contribution in [1.29, 1.82) is 0 Å². The summed E-state index contributed by atoms with van der Waals surface area (Å²) in [5.74, 6) is -0.971. The van der Waals surface area contributed by atoms with Crippen LogP contribution in [0.1, 0.15) is 21.5 Å². The van der Waals surface area contributed by atoms with E-state index in [1.54, 1.807) is 12.3 Å². The minimum Gasteiger partial charge on any atom is -0.478 e. The molecule has 0 radical (unpaired) electrons. The largest absolute Gasteiger partial charge is 0.478 e. The van der Waals surface area contributed by atoms with E-state index in [4.69, 9.17) is 0 Å². The number of carbonyl (C=O) groups is 1. The zero-order valence-corrected chi connectivity index (χ0v) is 12.9. The molecule has 0 atom stereocenters. The molecule has 1 N–H and O–H groups in total. The van der Waals surface area contributed by atoms with Crippen LogP contribution in [0.25, 0.3) is 0 Å². The maximum Gasteiger partial charge on any atom is 0.338 e. The van der Waals surface area contributed by atoms with Crippen LogP contribution in [0.4, 0.5) is 0 Å². The highest BCUT2D eigenvalue weighted by Crippen LogP contribution is 2.32. The number of hydrogen-bond donors (Lipinski definition) is 1. The number of nitrogens with zero attached hydrogens (tertiary/aromatic N) is 1. The Morgan fingerprint density at radius 3 is 2.68 bits per heavy atom. The Labute approximate surface area is 124 Å². The number of halogens is 1. The first kappa shape index (κ1) is 14.1. The van der Waals surface area contributed by atoms with Crippen molar-refractivity contribution in [2.45, 2.75) is 23.8 Å². The van der Waals surface area contributed by atoms with Gasteiger partial charge in [-0.25, -0.2) is 9.78 Å². The quantitative estimate of drug-likeness (QED) is 0.906. The zero-order chi connectivity index (χ0) is 14.0. The van der Waals surface area contributed by atoms with Crippen LogP contribution in [0.15, 0.2) is 44.9 Å². The Morgan fingerprint density at radius 1 is 1.32 bits per heavy atom. The van der Waals surface area contributed by atoms with Gasteiger partial charge in [-0.2, -0.15) is 0 Å². The summed E-state index contributed by atoms with van der Waals surface area (Å²) in [5, 5.41) is 9.71. The second-order valence-electron chi connectivity index (χ2n) is 4.18. The molecule has 1 heterocycles. The van der Waals surface area contributed by atoms with Crippen LogP contribution in [0.5, 0.6) is 0 Å². The lowest BCUT2D eigenvalue weighted by molar-refractivity contribution is 0.0692. The van der Waals surface area contributed by atoms with Gasteiger partial charge in [0, 0.05) is 15.6 Å². The molecule has 0 aliphatic carbocycles. The molecule has 5 heteroatoms. The van der Waals surface area contributed by atoms with Crippen molar-refractivity contribution in [3.05, 3.63) is 51.6 Å². The number of carboxylic acids is 1. The minimum absolute atomic E-state index is 0.208. The normalized spacial score (nSPS) is 10.5. The minimum atomic E-state index is -0.971. The fourth-order valence-electron chi connectivity index (χ4n) is 1.68. The van der Waals surface area contributed by atoms with Crippen molar-refractivity contribution in [3.8, 4) is 0 Å². The Morgan fingerprint density at radius 2 is 2.05 bits per heavy atom. The monoisotopic (exact) mass is 337 g/mol. The van der Waals surface area contributed by atoms with Crippen LogP contribution >= 0.6 is 27.7 Å². The van der Waals surface area contributed by atoms with E-state index in [-0.39, 0.29) is 5.56 Å². The van der Waals surface area contributed by atoms with Crippen LogP contribution in [0, 0.1) is 13.8 Å². The van der Waals surface area contributed by atoms with Gasteiger partial charge in [0.1, 0.15) is 5.03 Å². The van der Waals surface area contributed by atoms with E-state index in [0.717, 1.165) is 10.5 Å². The van der Waals surface area contributed by atoms with Crippen molar-refractivity contribution in [2.75, 3.05) is 0 Å². The van der Waals surface area contributed by atoms with E-state index in [1.807, 2.05) is 26.0 Å². The van der Waals surface area contributed by atoms with E-state index in [9.17, 15) is 9.90 Å². The van der Waals surface area contributed by atoms with E-state index < -0.39 is 5.97 Å². The zero-order valence-electron chi connectivity index (χ0n) is 10.5. The van der Waals surface area contributed by atoms with Gasteiger partial charge in [-0.3, -0.25) is 0 Å². The number of carboxylic acid groups (broad SMARTS) is 1. The fraction of sp³-hybridized carbons (Fsp3) is 0.143. The molecular weight excluding hydrogens is 326 g/mol. The summed E-state index contributed by atoms with van der Waals surface area (Å²) in [4.78, 5) is 16.4. The summed E-state index contributed by atoms with van der Waals surface area (Å²) in [6, 6.07) is 7.64. The molecule has 0 aliphatic rings. The SMILES string of the molecule is Cc1ccc(Sc2ncc(Br)cc2C(=O)O)c(C)c1. The van der Waals surface area contributed by atoms with E-state index >= 15 is 0 Å². The highest BCUT2D eigenvalue weighted by Gasteiger charge is 2.14. The smallest absolute Gasteiger partial charge is 0.338 e. The van der Waals surface area contributed by atoms with Crippen LogP contribution in [0.2, 0.25) is 0 Å². The average Bonchev–Trinajstić information content (AvgIpc) is 2.34. The average molecular weight is 338 g/mol. The molecule has 0 bridgehead atoms. The molecule has 1 aromatic carbocycles. The van der Waals surface area contributed by atoms with Gasteiger partial charge in [-0.15, -0.1) is 0 Å². The Kier molecular flexibility index (Phi) is 4.27. The number of pyridine rings is 1. The molecule has 0 saturated carbocycles. The molecule has 3 nitrogen and oxygen atoms in total. The van der Waals surface area contributed by atoms with Crippen LogP contribution in [-0.4, -0.2) is 16.1 Å². The summed E-state index contributed by atoms with van der Waals surface area (Å²) >= 11 is 4.61. The van der Waals surface area contributed by atoms with Gasteiger partial charge in [-0.1, -0.05) is 29.5 Å². The molecule has 0 amide bonds.